The molecule has 1 unspecified atom stereocenters. The van der Waals surface area contributed by atoms with Crippen molar-refractivity contribution in [1.29, 1.82) is 0 Å². The first kappa shape index (κ1) is 28.2. The average Bonchev–Trinajstić information content (AvgIpc) is 3.31. The highest BCUT2D eigenvalue weighted by Crippen LogP contribution is 2.34. The average molecular weight is 566 g/mol. The number of nitrogens with one attached hydrogen (secondary N) is 2. The molecule has 208 valence electrons. The van der Waals surface area contributed by atoms with Gasteiger partial charge in [0.2, 0.25) is 0 Å². The third kappa shape index (κ3) is 6.62. The molecule has 1 atom stereocenters. The number of halogens is 4. The Morgan fingerprint density at radius 1 is 1.15 bits per heavy atom. The van der Waals surface area contributed by atoms with E-state index in [2.05, 4.69) is 5.32 Å². The van der Waals surface area contributed by atoms with Gasteiger partial charge in [0.1, 0.15) is 18.0 Å². The molecule has 2 N–H and O–H groups in total. The molecule has 1 saturated heterocycles. The number of urea groups is 1. The number of benzene rings is 2. The highest BCUT2D eigenvalue weighted by molar-refractivity contribution is 6.35. The van der Waals surface area contributed by atoms with Gasteiger partial charge in [0.25, 0.3) is 5.56 Å². The summed E-state index contributed by atoms with van der Waals surface area (Å²) in [5.74, 6) is 0.261. The number of aromatic nitrogens is 2. The lowest BCUT2D eigenvalue weighted by Crippen LogP contribution is -2.38. The Labute approximate surface area is 226 Å². The minimum Gasteiger partial charge on any atom is -0.444 e. The van der Waals surface area contributed by atoms with Crippen molar-refractivity contribution in [2.75, 3.05) is 18.4 Å². The van der Waals surface area contributed by atoms with Gasteiger partial charge in [-0.1, -0.05) is 23.7 Å². The molecule has 2 aromatic carbocycles. The Morgan fingerprint density at radius 2 is 1.87 bits per heavy atom. The lowest BCUT2D eigenvalue weighted by atomic mass is 10.1. The Balaban J connectivity index is 1.80. The van der Waals surface area contributed by atoms with Crippen molar-refractivity contribution in [2.24, 2.45) is 0 Å². The Morgan fingerprint density at radius 3 is 2.56 bits per heavy atom. The molecule has 0 bridgehead atoms. The molecular formula is C26H27ClF3N5O4. The number of amides is 3. The zero-order chi connectivity index (χ0) is 28.5. The number of hydrogen-bond acceptors (Lipinski definition) is 5. The van der Waals surface area contributed by atoms with Crippen molar-refractivity contribution in [2.45, 2.75) is 51.4 Å². The van der Waals surface area contributed by atoms with Gasteiger partial charge in [0, 0.05) is 12.2 Å². The van der Waals surface area contributed by atoms with Crippen LogP contribution in [-0.4, -0.2) is 51.4 Å². The summed E-state index contributed by atoms with van der Waals surface area (Å²) in [6.07, 6.45) is -3.96. The minimum absolute atomic E-state index is 0.139. The maximum Gasteiger partial charge on any atom is 0.410 e. The summed E-state index contributed by atoms with van der Waals surface area (Å²) >= 11 is 6.36. The first-order valence-corrected chi connectivity index (χ1v) is 12.5. The number of ether oxygens (including phenoxy) is 1. The molecule has 3 amide bonds. The molecule has 0 spiro atoms. The van der Waals surface area contributed by atoms with Crippen LogP contribution in [0.1, 0.15) is 45.5 Å². The van der Waals surface area contributed by atoms with Crippen molar-refractivity contribution in [3.05, 3.63) is 63.7 Å². The molecule has 1 aliphatic heterocycles. The SMILES string of the molecule is CC(C)(C)OC(=O)N1CCCC1c1nc2cccc(Cl)c2c(=O)n1-c1cccc(NC(=O)NCC(F)(F)F)c1. The third-order valence-corrected chi connectivity index (χ3v) is 6.18. The van der Waals surface area contributed by atoms with E-state index in [0.717, 1.165) is 0 Å². The second-order valence-corrected chi connectivity index (χ2v) is 10.5. The van der Waals surface area contributed by atoms with Gasteiger partial charge in [-0.2, -0.15) is 13.2 Å². The number of rotatable bonds is 4. The second-order valence-electron chi connectivity index (χ2n) is 10.0. The fraction of sp³-hybridized carbons (Fsp3) is 0.385. The number of alkyl halides is 3. The van der Waals surface area contributed by atoms with Crippen LogP contribution in [-0.2, 0) is 4.74 Å². The van der Waals surface area contributed by atoms with E-state index in [9.17, 15) is 27.6 Å². The third-order valence-electron chi connectivity index (χ3n) is 5.86. The van der Waals surface area contributed by atoms with E-state index in [1.165, 1.54) is 27.7 Å². The van der Waals surface area contributed by atoms with Crippen LogP contribution in [0.5, 0.6) is 0 Å². The van der Waals surface area contributed by atoms with Crippen LogP contribution >= 0.6 is 11.6 Å². The maximum absolute atomic E-state index is 13.9. The van der Waals surface area contributed by atoms with Crippen LogP contribution in [0.25, 0.3) is 16.6 Å². The van der Waals surface area contributed by atoms with Crippen molar-refractivity contribution in [3.8, 4) is 5.69 Å². The van der Waals surface area contributed by atoms with Gasteiger partial charge >= 0.3 is 18.3 Å². The summed E-state index contributed by atoms with van der Waals surface area (Å²) in [6, 6.07) is 9.19. The normalized spacial score (nSPS) is 15.9. The summed E-state index contributed by atoms with van der Waals surface area (Å²) in [5, 5.41) is 4.41. The van der Waals surface area contributed by atoms with Crippen molar-refractivity contribution >= 4 is 40.3 Å². The molecule has 0 aliphatic carbocycles. The van der Waals surface area contributed by atoms with Gasteiger partial charge in [-0.3, -0.25) is 14.3 Å². The molecule has 0 saturated carbocycles. The fourth-order valence-electron chi connectivity index (χ4n) is 4.33. The smallest absolute Gasteiger partial charge is 0.410 e. The first-order valence-electron chi connectivity index (χ1n) is 12.2. The van der Waals surface area contributed by atoms with Crippen molar-refractivity contribution in [1.82, 2.24) is 19.8 Å². The highest BCUT2D eigenvalue weighted by Gasteiger charge is 2.36. The maximum atomic E-state index is 13.9. The molecular weight excluding hydrogens is 539 g/mol. The van der Waals surface area contributed by atoms with E-state index in [0.29, 0.717) is 24.9 Å². The van der Waals surface area contributed by atoms with Gasteiger partial charge in [-0.05, 0) is 63.9 Å². The van der Waals surface area contributed by atoms with Crippen molar-refractivity contribution in [3.63, 3.8) is 0 Å². The monoisotopic (exact) mass is 565 g/mol. The van der Waals surface area contributed by atoms with E-state index >= 15 is 0 Å². The largest absolute Gasteiger partial charge is 0.444 e. The van der Waals surface area contributed by atoms with Gasteiger partial charge < -0.3 is 15.4 Å². The quantitative estimate of drug-likeness (QED) is 0.416. The molecule has 39 heavy (non-hydrogen) atoms. The molecule has 1 aliphatic rings. The van der Waals surface area contributed by atoms with Crippen molar-refractivity contribution < 1.29 is 27.5 Å². The zero-order valence-electron chi connectivity index (χ0n) is 21.4. The van der Waals surface area contributed by atoms with E-state index < -0.39 is 42.0 Å². The molecule has 4 rings (SSSR count). The van der Waals surface area contributed by atoms with Gasteiger partial charge in [-0.15, -0.1) is 0 Å². The van der Waals surface area contributed by atoms with Gasteiger partial charge in [0.15, 0.2) is 0 Å². The van der Waals surface area contributed by atoms with E-state index in [1.807, 2.05) is 0 Å². The number of hydrogen-bond donors (Lipinski definition) is 2. The lowest BCUT2D eigenvalue weighted by molar-refractivity contribution is -0.122. The zero-order valence-corrected chi connectivity index (χ0v) is 22.2. The molecule has 13 heteroatoms. The second kappa shape index (κ2) is 10.8. The number of fused-ring (bicyclic) bond motifs is 1. The first-order chi connectivity index (χ1) is 18.2. The number of carbonyl (C=O) groups excluding carboxylic acids is 2. The Bertz CT molecular complexity index is 1470. The molecule has 2 heterocycles. The summed E-state index contributed by atoms with van der Waals surface area (Å²) in [7, 11) is 0. The summed E-state index contributed by atoms with van der Waals surface area (Å²) in [5.41, 5.74) is -0.486. The molecule has 1 fully saturated rings. The fourth-order valence-corrected chi connectivity index (χ4v) is 4.58. The van der Waals surface area contributed by atoms with Crippen LogP contribution in [0.3, 0.4) is 0 Å². The van der Waals surface area contributed by atoms with Gasteiger partial charge in [-0.25, -0.2) is 14.6 Å². The van der Waals surface area contributed by atoms with E-state index in [4.69, 9.17) is 21.3 Å². The summed E-state index contributed by atoms with van der Waals surface area (Å²) in [6.45, 7) is 4.16. The Hall–Kier alpha value is -3.80. The standard InChI is InChI=1S/C26H27ClF3N5O4/c1-25(2,3)39-24(38)34-12-6-11-19(34)21-33-18-10-5-9-17(27)20(18)22(36)35(21)16-8-4-7-15(13-16)32-23(37)31-14-26(28,29)30/h4-5,7-10,13,19H,6,11-12,14H2,1-3H3,(H2,31,32,37). The van der Waals surface area contributed by atoms with Crippen LogP contribution in [0.4, 0.5) is 28.4 Å². The Kier molecular flexibility index (Phi) is 7.78. The predicted octanol–water partition coefficient (Wildman–Crippen LogP) is 5.79. The molecule has 0 radical (unpaired) electrons. The summed E-state index contributed by atoms with van der Waals surface area (Å²) in [4.78, 5) is 45.2. The lowest BCUT2D eigenvalue weighted by Gasteiger charge is -2.29. The van der Waals surface area contributed by atoms with E-state index in [-0.39, 0.29) is 27.6 Å². The van der Waals surface area contributed by atoms with Crippen LogP contribution < -0.4 is 16.2 Å². The predicted molar refractivity (Wildman–Crippen MR) is 140 cm³/mol. The van der Waals surface area contributed by atoms with Gasteiger partial charge in [0.05, 0.1) is 27.7 Å². The molecule has 9 nitrogen and oxygen atoms in total. The molecule has 1 aromatic heterocycles. The minimum atomic E-state index is -4.57. The number of carbonyl (C=O) groups is 2. The number of nitrogens with zero attached hydrogens (tertiary/aromatic N) is 3. The highest BCUT2D eigenvalue weighted by atomic mass is 35.5. The number of likely N-dealkylation sites (tertiary alicyclic amines) is 1. The van der Waals surface area contributed by atoms with E-state index in [1.54, 1.807) is 50.4 Å². The molecule has 3 aromatic rings. The topological polar surface area (TPSA) is 106 Å². The summed E-state index contributed by atoms with van der Waals surface area (Å²) < 4.78 is 44.3. The van der Waals surface area contributed by atoms with Crippen LogP contribution in [0.2, 0.25) is 5.02 Å². The van der Waals surface area contributed by atoms with Crippen LogP contribution in [0, 0.1) is 0 Å². The number of anilines is 1. The van der Waals surface area contributed by atoms with Crippen LogP contribution in [0.15, 0.2) is 47.3 Å².